The van der Waals surface area contributed by atoms with Gasteiger partial charge in [-0.15, -0.1) is 0 Å². The lowest BCUT2D eigenvalue weighted by Gasteiger charge is -2.21. The number of aryl methyl sites for hydroxylation is 1. The maximum absolute atomic E-state index is 9.42. The number of aliphatic hydroxyl groups excluding tert-OH is 1. The average molecular weight is 303 g/mol. The van der Waals surface area contributed by atoms with Gasteiger partial charge < -0.3 is 10.8 Å². The Morgan fingerprint density at radius 2 is 1.95 bits per heavy atom. The number of aliphatic hydroxyl groups is 1. The monoisotopic (exact) mass is 303 g/mol. The number of benzene rings is 1. The molecule has 2 heteroatoms. The Morgan fingerprint density at radius 1 is 1.18 bits per heavy atom. The maximum atomic E-state index is 9.42. The Balaban J connectivity index is 1.80. The smallest absolute Gasteiger partial charge is 0.0611 e. The molecule has 1 aromatic carbocycles. The molecule has 0 spiro atoms. The van der Waals surface area contributed by atoms with Gasteiger partial charge in [0.2, 0.25) is 0 Å². The van der Waals surface area contributed by atoms with E-state index in [1.807, 2.05) is 0 Å². The highest BCUT2D eigenvalue weighted by Gasteiger charge is 2.35. The fourth-order valence-corrected chi connectivity index (χ4v) is 3.70. The van der Waals surface area contributed by atoms with Crippen molar-refractivity contribution in [3.05, 3.63) is 35.4 Å². The molecule has 0 radical (unpaired) electrons. The number of unbranched alkanes of at least 4 members (excludes halogenated alkanes) is 5. The molecule has 0 aliphatic heterocycles. The molecule has 1 fully saturated rings. The first-order valence-electron chi connectivity index (χ1n) is 9.15. The molecule has 124 valence electrons. The second kappa shape index (κ2) is 8.69. The van der Waals surface area contributed by atoms with Crippen molar-refractivity contribution in [2.24, 2.45) is 5.73 Å². The SMILES string of the molecule is CCCCCCCCc1cccc([C@H]2CCC(N)(CO)C2)c1. The van der Waals surface area contributed by atoms with E-state index in [4.69, 9.17) is 5.73 Å². The first kappa shape index (κ1) is 17.5. The first-order chi connectivity index (χ1) is 10.7. The number of nitrogens with two attached hydrogens (primary N) is 1. The predicted octanol–water partition coefficient (Wildman–Crippen LogP) is 4.55. The molecule has 2 nitrogen and oxygen atoms in total. The van der Waals surface area contributed by atoms with Crippen molar-refractivity contribution < 1.29 is 5.11 Å². The lowest BCUT2D eigenvalue weighted by atomic mass is 9.92. The van der Waals surface area contributed by atoms with Gasteiger partial charge >= 0.3 is 0 Å². The van der Waals surface area contributed by atoms with Gasteiger partial charge in [0.25, 0.3) is 0 Å². The summed E-state index contributed by atoms with van der Waals surface area (Å²) in [5.74, 6) is 0.529. The van der Waals surface area contributed by atoms with Crippen LogP contribution in [0.3, 0.4) is 0 Å². The maximum Gasteiger partial charge on any atom is 0.0611 e. The van der Waals surface area contributed by atoms with Crippen LogP contribution < -0.4 is 5.73 Å². The zero-order valence-corrected chi connectivity index (χ0v) is 14.2. The summed E-state index contributed by atoms with van der Waals surface area (Å²) < 4.78 is 0. The molecule has 0 amide bonds. The van der Waals surface area contributed by atoms with Crippen LogP contribution in [0.5, 0.6) is 0 Å². The van der Waals surface area contributed by atoms with Gasteiger partial charge in [-0.3, -0.25) is 0 Å². The molecule has 1 saturated carbocycles. The van der Waals surface area contributed by atoms with Crippen molar-refractivity contribution in [2.45, 2.75) is 82.6 Å². The molecule has 1 aliphatic rings. The third kappa shape index (κ3) is 5.10. The zero-order valence-electron chi connectivity index (χ0n) is 14.2. The summed E-state index contributed by atoms with van der Waals surface area (Å²) in [4.78, 5) is 0. The molecular weight excluding hydrogens is 270 g/mol. The lowest BCUT2D eigenvalue weighted by molar-refractivity contribution is 0.198. The van der Waals surface area contributed by atoms with E-state index in [0.717, 1.165) is 19.3 Å². The third-order valence-corrected chi connectivity index (χ3v) is 5.20. The zero-order chi connectivity index (χ0) is 15.8. The number of hydrogen-bond acceptors (Lipinski definition) is 2. The summed E-state index contributed by atoms with van der Waals surface area (Å²) in [5.41, 5.74) is 8.75. The summed E-state index contributed by atoms with van der Waals surface area (Å²) in [6, 6.07) is 9.06. The number of rotatable bonds is 9. The summed E-state index contributed by atoms with van der Waals surface area (Å²) in [6.45, 7) is 2.38. The van der Waals surface area contributed by atoms with Crippen LogP contribution >= 0.6 is 0 Å². The molecule has 1 aromatic rings. The fourth-order valence-electron chi connectivity index (χ4n) is 3.70. The van der Waals surface area contributed by atoms with Crippen molar-refractivity contribution in [2.75, 3.05) is 6.61 Å². The van der Waals surface area contributed by atoms with Gasteiger partial charge in [-0.05, 0) is 49.1 Å². The van der Waals surface area contributed by atoms with E-state index < -0.39 is 0 Å². The minimum Gasteiger partial charge on any atom is -0.394 e. The predicted molar refractivity (Wildman–Crippen MR) is 94.1 cm³/mol. The van der Waals surface area contributed by atoms with Crippen molar-refractivity contribution in [3.63, 3.8) is 0 Å². The second-order valence-corrected chi connectivity index (χ2v) is 7.22. The van der Waals surface area contributed by atoms with E-state index in [1.54, 1.807) is 0 Å². The average Bonchev–Trinajstić information content (AvgIpc) is 2.94. The van der Waals surface area contributed by atoms with Gasteiger partial charge in [0.05, 0.1) is 6.61 Å². The van der Waals surface area contributed by atoms with Crippen LogP contribution in [-0.2, 0) is 6.42 Å². The highest BCUT2D eigenvalue weighted by atomic mass is 16.3. The van der Waals surface area contributed by atoms with Crippen molar-refractivity contribution in [3.8, 4) is 0 Å². The van der Waals surface area contributed by atoms with Crippen LogP contribution in [0.1, 0.15) is 81.8 Å². The highest BCUT2D eigenvalue weighted by Crippen LogP contribution is 2.39. The number of hydrogen-bond donors (Lipinski definition) is 2. The van der Waals surface area contributed by atoms with Gasteiger partial charge in [0, 0.05) is 5.54 Å². The Labute approximate surface area is 136 Å². The Morgan fingerprint density at radius 3 is 2.68 bits per heavy atom. The minimum atomic E-state index is -0.347. The Hall–Kier alpha value is -0.860. The van der Waals surface area contributed by atoms with Crippen LogP contribution in [0.4, 0.5) is 0 Å². The van der Waals surface area contributed by atoms with Crippen LogP contribution in [-0.4, -0.2) is 17.3 Å². The summed E-state index contributed by atoms with van der Waals surface area (Å²) >= 11 is 0. The van der Waals surface area contributed by atoms with Crippen LogP contribution in [0.2, 0.25) is 0 Å². The van der Waals surface area contributed by atoms with Gasteiger partial charge in [-0.1, -0.05) is 63.3 Å². The summed E-state index contributed by atoms with van der Waals surface area (Å²) in [5, 5.41) is 9.42. The molecule has 3 N–H and O–H groups in total. The van der Waals surface area contributed by atoms with E-state index in [-0.39, 0.29) is 12.1 Å². The van der Waals surface area contributed by atoms with E-state index in [1.165, 1.54) is 56.1 Å². The largest absolute Gasteiger partial charge is 0.394 e. The van der Waals surface area contributed by atoms with E-state index in [2.05, 4.69) is 31.2 Å². The topological polar surface area (TPSA) is 46.2 Å². The van der Waals surface area contributed by atoms with Crippen molar-refractivity contribution >= 4 is 0 Å². The third-order valence-electron chi connectivity index (χ3n) is 5.20. The first-order valence-corrected chi connectivity index (χ1v) is 9.15. The summed E-state index contributed by atoms with van der Waals surface area (Å²) in [7, 11) is 0. The Kier molecular flexibility index (Phi) is 6.91. The van der Waals surface area contributed by atoms with Crippen LogP contribution in [0.25, 0.3) is 0 Å². The second-order valence-electron chi connectivity index (χ2n) is 7.22. The van der Waals surface area contributed by atoms with Gasteiger partial charge in [-0.25, -0.2) is 0 Å². The van der Waals surface area contributed by atoms with Gasteiger partial charge in [-0.2, -0.15) is 0 Å². The van der Waals surface area contributed by atoms with E-state index >= 15 is 0 Å². The molecule has 2 atom stereocenters. The summed E-state index contributed by atoms with van der Waals surface area (Å²) in [6.07, 6.45) is 12.3. The minimum absolute atomic E-state index is 0.112. The molecule has 0 heterocycles. The van der Waals surface area contributed by atoms with Crippen molar-refractivity contribution in [1.29, 1.82) is 0 Å². The molecule has 22 heavy (non-hydrogen) atoms. The van der Waals surface area contributed by atoms with Gasteiger partial charge in [0.15, 0.2) is 0 Å². The quantitative estimate of drug-likeness (QED) is 0.658. The fraction of sp³-hybridized carbons (Fsp3) is 0.700. The molecular formula is C20H33NO. The van der Waals surface area contributed by atoms with E-state index in [0.29, 0.717) is 5.92 Å². The molecule has 1 aliphatic carbocycles. The molecule has 0 aromatic heterocycles. The van der Waals surface area contributed by atoms with Gasteiger partial charge in [0.1, 0.15) is 0 Å². The standard InChI is InChI=1S/C20H33NO/c1-2-3-4-5-6-7-9-17-10-8-11-18(14-17)19-12-13-20(21,15-19)16-22/h8,10-11,14,19,22H,2-7,9,12-13,15-16,21H2,1H3/t19-,20?/m0/s1. The highest BCUT2D eigenvalue weighted by molar-refractivity contribution is 5.28. The molecule has 2 rings (SSSR count). The van der Waals surface area contributed by atoms with Crippen LogP contribution in [0, 0.1) is 0 Å². The normalized spacial score (nSPS) is 24.8. The Bertz CT molecular complexity index is 445. The van der Waals surface area contributed by atoms with Crippen molar-refractivity contribution in [1.82, 2.24) is 0 Å². The molecule has 1 unspecified atom stereocenters. The lowest BCUT2D eigenvalue weighted by Crippen LogP contribution is -2.40. The van der Waals surface area contributed by atoms with Crippen LogP contribution in [0.15, 0.2) is 24.3 Å². The molecule has 0 bridgehead atoms. The molecule has 0 saturated heterocycles. The van der Waals surface area contributed by atoms with E-state index in [9.17, 15) is 5.11 Å².